The Bertz CT molecular complexity index is 481. The van der Waals surface area contributed by atoms with Crippen LogP contribution in [0.1, 0.15) is 31.2 Å². The first-order valence-electron chi connectivity index (χ1n) is 6.57. The Balaban J connectivity index is 2.48. The van der Waals surface area contributed by atoms with Gasteiger partial charge in [0.25, 0.3) is 0 Å². The van der Waals surface area contributed by atoms with Crippen molar-refractivity contribution in [3.05, 3.63) is 47.0 Å². The molecule has 3 nitrogen and oxygen atoms in total. The lowest BCUT2D eigenvalue weighted by atomic mass is 10.2. The van der Waals surface area contributed by atoms with Crippen molar-refractivity contribution in [1.82, 2.24) is 0 Å². The highest BCUT2D eigenvalue weighted by Gasteiger charge is 2.01. The summed E-state index contributed by atoms with van der Waals surface area (Å²) in [7, 11) is 0. The summed E-state index contributed by atoms with van der Waals surface area (Å²) >= 11 is 3.38. The van der Waals surface area contributed by atoms with Crippen molar-refractivity contribution in [2.45, 2.75) is 25.7 Å². The van der Waals surface area contributed by atoms with Crippen molar-refractivity contribution in [2.24, 2.45) is 0 Å². The average Bonchev–Trinajstić information content (AvgIpc) is 2.42. The molecule has 0 aliphatic rings. The van der Waals surface area contributed by atoms with Gasteiger partial charge < -0.3 is 9.84 Å². The lowest BCUT2D eigenvalue weighted by Gasteiger charge is -2.07. The monoisotopic (exact) mass is 338 g/mol. The molecule has 0 saturated carbocycles. The van der Waals surface area contributed by atoms with Crippen LogP contribution < -0.4 is 4.74 Å². The Kier molecular flexibility index (Phi) is 7.73. The summed E-state index contributed by atoms with van der Waals surface area (Å²) in [5.74, 6) is -0.215. The van der Waals surface area contributed by atoms with Crippen LogP contribution >= 0.6 is 15.9 Å². The lowest BCUT2D eigenvalue weighted by Crippen LogP contribution is -1.97. The Labute approximate surface area is 128 Å². The molecule has 1 aromatic carbocycles. The minimum absolute atomic E-state index is 0.668. The van der Waals surface area contributed by atoms with Crippen LogP contribution in [0, 0.1) is 0 Å². The molecule has 0 aliphatic heterocycles. The predicted molar refractivity (Wildman–Crippen MR) is 85.0 cm³/mol. The number of benzene rings is 1. The Morgan fingerprint density at radius 2 is 2.15 bits per heavy atom. The minimum Gasteiger partial charge on any atom is -0.494 e. The zero-order chi connectivity index (χ0) is 14.8. The largest absolute Gasteiger partial charge is 0.494 e. The van der Waals surface area contributed by atoms with Gasteiger partial charge in [0, 0.05) is 10.5 Å². The van der Waals surface area contributed by atoms with Gasteiger partial charge >= 0.3 is 5.97 Å². The van der Waals surface area contributed by atoms with Crippen LogP contribution in [0.5, 0.6) is 5.75 Å². The summed E-state index contributed by atoms with van der Waals surface area (Å²) in [5, 5.41) is 8.64. The second kappa shape index (κ2) is 9.37. The summed E-state index contributed by atoms with van der Waals surface area (Å²) in [6, 6.07) is 5.55. The molecule has 20 heavy (non-hydrogen) atoms. The van der Waals surface area contributed by atoms with Crippen molar-refractivity contribution in [2.75, 3.05) is 6.61 Å². The summed E-state index contributed by atoms with van der Waals surface area (Å²) in [6.45, 7) is 4.36. The van der Waals surface area contributed by atoms with Gasteiger partial charge in [0.1, 0.15) is 5.75 Å². The fourth-order valence-corrected chi connectivity index (χ4v) is 2.04. The number of hydrogen-bond donors (Lipinski definition) is 1. The minimum atomic E-state index is -0.967. The molecular formula is C16H19BrO3. The summed E-state index contributed by atoms with van der Waals surface area (Å²) in [4.78, 5) is 10.5. The first-order valence-corrected chi connectivity index (χ1v) is 7.37. The van der Waals surface area contributed by atoms with Crippen LogP contribution in [0.2, 0.25) is 0 Å². The van der Waals surface area contributed by atoms with Gasteiger partial charge in [-0.2, -0.15) is 0 Å². The third-order valence-corrected chi connectivity index (χ3v) is 3.42. The number of halogens is 1. The van der Waals surface area contributed by atoms with E-state index in [2.05, 4.69) is 22.5 Å². The molecule has 0 saturated heterocycles. The van der Waals surface area contributed by atoms with Gasteiger partial charge in [0.2, 0.25) is 0 Å². The average molecular weight is 339 g/mol. The summed E-state index contributed by atoms with van der Waals surface area (Å²) in [6.07, 6.45) is 8.89. The van der Waals surface area contributed by atoms with Crippen molar-refractivity contribution in [3.63, 3.8) is 0 Å². The molecule has 1 aromatic rings. The Hall–Kier alpha value is -1.55. The van der Waals surface area contributed by atoms with E-state index in [9.17, 15) is 4.79 Å². The normalized spacial score (nSPS) is 10.7. The molecule has 1 rings (SSSR count). The Morgan fingerprint density at radius 3 is 2.85 bits per heavy atom. The van der Waals surface area contributed by atoms with Crippen molar-refractivity contribution < 1.29 is 14.6 Å². The van der Waals surface area contributed by atoms with Crippen LogP contribution in [0.4, 0.5) is 0 Å². The molecular weight excluding hydrogens is 320 g/mol. The number of carbonyl (C=O) groups is 1. The number of carboxylic acids is 1. The number of aliphatic carboxylic acids is 1. The first kappa shape index (κ1) is 16.5. The predicted octanol–water partition coefficient (Wildman–Crippen LogP) is 4.67. The second-order valence-corrected chi connectivity index (χ2v) is 5.20. The molecule has 0 fully saturated rings. The topological polar surface area (TPSA) is 46.5 Å². The molecule has 0 radical (unpaired) electrons. The number of unbranched alkanes of at least 4 members (excludes halogenated alkanes) is 3. The van der Waals surface area contributed by atoms with Crippen LogP contribution in [0.25, 0.3) is 6.08 Å². The van der Waals surface area contributed by atoms with Crippen LogP contribution in [-0.4, -0.2) is 17.7 Å². The number of ether oxygens (including phenoxy) is 1. The van der Waals surface area contributed by atoms with Crippen molar-refractivity contribution in [1.29, 1.82) is 0 Å². The molecule has 0 heterocycles. The van der Waals surface area contributed by atoms with Gasteiger partial charge in [-0.3, -0.25) is 0 Å². The maximum absolute atomic E-state index is 10.5. The third-order valence-electron chi connectivity index (χ3n) is 2.69. The van der Waals surface area contributed by atoms with E-state index in [1.165, 1.54) is 0 Å². The van der Waals surface area contributed by atoms with E-state index in [0.717, 1.165) is 47.5 Å². The summed E-state index contributed by atoms with van der Waals surface area (Å²) in [5.41, 5.74) is 0.788. The molecule has 0 unspecified atom stereocenters. The molecule has 108 valence electrons. The van der Waals surface area contributed by atoms with Crippen molar-refractivity contribution in [3.8, 4) is 5.75 Å². The Morgan fingerprint density at radius 1 is 1.35 bits per heavy atom. The lowest BCUT2D eigenvalue weighted by molar-refractivity contribution is -0.131. The second-order valence-electron chi connectivity index (χ2n) is 4.34. The zero-order valence-electron chi connectivity index (χ0n) is 11.3. The highest BCUT2D eigenvalue weighted by atomic mass is 79.9. The first-order chi connectivity index (χ1) is 9.63. The van der Waals surface area contributed by atoms with Gasteiger partial charge in [-0.1, -0.05) is 22.0 Å². The smallest absolute Gasteiger partial charge is 0.328 e. The number of carboxylic acid groups (broad SMARTS) is 1. The van der Waals surface area contributed by atoms with Crippen LogP contribution in [-0.2, 0) is 4.79 Å². The number of allylic oxidation sites excluding steroid dienone is 1. The van der Waals surface area contributed by atoms with Gasteiger partial charge in [-0.05, 0) is 55.5 Å². The summed E-state index contributed by atoms with van der Waals surface area (Å²) < 4.78 is 6.50. The fourth-order valence-electron chi connectivity index (χ4n) is 1.66. The fraction of sp³-hybridized carbons (Fsp3) is 0.312. The highest BCUT2D eigenvalue weighted by Crippen LogP contribution is 2.24. The van der Waals surface area contributed by atoms with E-state index in [1.54, 1.807) is 6.08 Å². The molecule has 0 aromatic heterocycles. The van der Waals surface area contributed by atoms with E-state index in [0.29, 0.717) is 6.61 Å². The van der Waals surface area contributed by atoms with E-state index in [-0.39, 0.29) is 0 Å². The van der Waals surface area contributed by atoms with Gasteiger partial charge in [-0.15, -0.1) is 6.58 Å². The zero-order valence-corrected chi connectivity index (χ0v) is 12.9. The van der Waals surface area contributed by atoms with Gasteiger partial charge in [0.05, 0.1) is 6.61 Å². The highest BCUT2D eigenvalue weighted by molar-refractivity contribution is 9.10. The molecule has 0 spiro atoms. The molecule has 4 heteroatoms. The SMILES string of the molecule is C=CCCCCCOc1ccc(Br)c(/C=C/C(=O)O)c1. The quantitative estimate of drug-likeness (QED) is 0.404. The molecule has 0 aliphatic carbocycles. The molecule has 0 atom stereocenters. The van der Waals surface area contributed by atoms with Gasteiger partial charge in [0.15, 0.2) is 0 Å². The van der Waals surface area contributed by atoms with E-state index < -0.39 is 5.97 Å². The van der Waals surface area contributed by atoms with Crippen molar-refractivity contribution >= 4 is 28.0 Å². The van der Waals surface area contributed by atoms with Crippen LogP contribution in [0.15, 0.2) is 41.4 Å². The standard InChI is InChI=1S/C16H19BrO3/c1-2-3-4-5-6-11-20-14-8-9-15(17)13(12-14)7-10-16(18)19/h2,7-10,12H,1,3-6,11H2,(H,18,19)/b10-7+. The molecule has 0 amide bonds. The van der Waals surface area contributed by atoms with Gasteiger partial charge in [-0.25, -0.2) is 4.79 Å². The molecule has 1 N–H and O–H groups in total. The maximum Gasteiger partial charge on any atom is 0.328 e. The van der Waals surface area contributed by atoms with E-state index in [1.807, 2.05) is 24.3 Å². The maximum atomic E-state index is 10.5. The van der Waals surface area contributed by atoms with Crippen LogP contribution in [0.3, 0.4) is 0 Å². The molecule has 0 bridgehead atoms. The third kappa shape index (κ3) is 6.57. The van der Waals surface area contributed by atoms with E-state index >= 15 is 0 Å². The van der Waals surface area contributed by atoms with E-state index in [4.69, 9.17) is 9.84 Å². The number of rotatable bonds is 9. The number of hydrogen-bond acceptors (Lipinski definition) is 2.